The van der Waals surface area contributed by atoms with Crippen molar-refractivity contribution in [2.45, 2.75) is 32.4 Å². The fourth-order valence-corrected chi connectivity index (χ4v) is 7.09. The first-order valence-electron chi connectivity index (χ1n) is 13.4. The zero-order valence-electron chi connectivity index (χ0n) is 22.7. The van der Waals surface area contributed by atoms with Crippen LogP contribution >= 0.6 is 34.5 Å². The van der Waals surface area contributed by atoms with Gasteiger partial charge in [-0.2, -0.15) is 5.26 Å². The van der Waals surface area contributed by atoms with E-state index in [1.807, 2.05) is 35.2 Å². The largest absolute Gasteiger partial charge is 0.480 e. The standard InChI is InChI=1S/C29H28Cl2N6O4S/c1-16-6-8-37(13-16)29(34-15-32)33-12-21(28(40)41)35-26(38)24-20(30)10-18-14-36(9-7-19(18)25(24)31)27(39)23-11-17-4-2-3-5-22(17)42-23/h2-5,10-11,16,21H,6-9,12-14H2,1H3,(H,33,34)(H,35,38)(H,40,41)/t16-,21-/m0/s1. The predicted octanol–water partition coefficient (Wildman–Crippen LogP) is 4.36. The average Bonchev–Trinajstić information content (AvgIpc) is 3.60. The van der Waals surface area contributed by atoms with Gasteiger partial charge in [0.2, 0.25) is 12.2 Å². The number of benzene rings is 2. The summed E-state index contributed by atoms with van der Waals surface area (Å²) in [5.74, 6) is -1.42. The molecule has 1 fully saturated rings. The number of carbonyl (C=O) groups is 3. The monoisotopic (exact) mass is 626 g/mol. The maximum Gasteiger partial charge on any atom is 0.328 e. The second-order valence-electron chi connectivity index (χ2n) is 10.4. The Labute approximate surface area is 256 Å². The van der Waals surface area contributed by atoms with Crippen molar-refractivity contribution in [1.82, 2.24) is 20.4 Å². The molecule has 0 aliphatic carbocycles. The highest BCUT2D eigenvalue weighted by Gasteiger charge is 2.31. The average molecular weight is 628 g/mol. The van der Waals surface area contributed by atoms with Crippen LogP contribution in [0.4, 0.5) is 0 Å². The van der Waals surface area contributed by atoms with E-state index >= 15 is 0 Å². The molecular formula is C29H28Cl2N6O4S. The van der Waals surface area contributed by atoms with Gasteiger partial charge in [-0.15, -0.1) is 16.3 Å². The van der Waals surface area contributed by atoms with Gasteiger partial charge in [-0.3, -0.25) is 9.59 Å². The Morgan fingerprint density at radius 3 is 2.69 bits per heavy atom. The van der Waals surface area contributed by atoms with Crippen molar-refractivity contribution in [3.8, 4) is 6.19 Å². The number of amides is 2. The molecular weight excluding hydrogens is 599 g/mol. The number of nitrogens with zero attached hydrogens (tertiary/aromatic N) is 4. The molecule has 42 heavy (non-hydrogen) atoms. The first-order chi connectivity index (χ1) is 20.2. The van der Waals surface area contributed by atoms with Gasteiger partial charge in [0.15, 0.2) is 0 Å². The Bertz CT molecular complexity index is 1600. The van der Waals surface area contributed by atoms with Crippen LogP contribution in [0.3, 0.4) is 0 Å². The van der Waals surface area contributed by atoms with E-state index in [1.165, 1.54) is 11.3 Å². The number of thiophene rings is 1. The molecule has 0 radical (unpaired) electrons. The second kappa shape index (κ2) is 12.6. The number of carbonyl (C=O) groups excluding carboxylic acids is 2. The summed E-state index contributed by atoms with van der Waals surface area (Å²) in [4.78, 5) is 46.6. The van der Waals surface area contributed by atoms with Crippen LogP contribution in [-0.4, -0.2) is 70.9 Å². The lowest BCUT2D eigenvalue weighted by molar-refractivity contribution is -0.139. The minimum absolute atomic E-state index is 0.0214. The molecule has 218 valence electrons. The van der Waals surface area contributed by atoms with E-state index in [1.54, 1.807) is 17.2 Å². The molecule has 3 N–H and O–H groups in total. The van der Waals surface area contributed by atoms with Crippen LogP contribution in [0.2, 0.25) is 10.0 Å². The van der Waals surface area contributed by atoms with E-state index in [0.29, 0.717) is 42.4 Å². The molecule has 0 unspecified atom stereocenters. The Balaban J connectivity index is 1.29. The summed E-state index contributed by atoms with van der Waals surface area (Å²) in [5.41, 5.74) is 1.41. The summed E-state index contributed by atoms with van der Waals surface area (Å²) < 4.78 is 1.04. The number of likely N-dealkylation sites (tertiary alicyclic amines) is 1. The molecule has 2 aromatic carbocycles. The van der Waals surface area contributed by atoms with E-state index in [0.717, 1.165) is 22.1 Å². The molecule has 1 saturated heterocycles. The molecule has 2 atom stereocenters. The lowest BCUT2D eigenvalue weighted by atomic mass is 9.96. The maximum absolute atomic E-state index is 13.3. The molecule has 13 heteroatoms. The van der Waals surface area contributed by atoms with Gasteiger partial charge in [0, 0.05) is 37.4 Å². The molecule has 2 aliphatic heterocycles. The number of nitrogens with one attached hydrogen (secondary N) is 2. The topological polar surface area (TPSA) is 138 Å². The number of aliphatic carboxylic acids is 1. The lowest BCUT2D eigenvalue weighted by Gasteiger charge is -2.30. The number of aliphatic imine (C=N–C) groups is 1. The van der Waals surface area contributed by atoms with Crippen molar-refractivity contribution in [2.24, 2.45) is 10.9 Å². The second-order valence-corrected chi connectivity index (χ2v) is 12.3. The number of carboxylic acids is 1. The van der Waals surface area contributed by atoms with Gasteiger partial charge in [0.05, 0.1) is 20.5 Å². The van der Waals surface area contributed by atoms with Crippen molar-refractivity contribution >= 4 is 68.4 Å². The van der Waals surface area contributed by atoms with Crippen molar-refractivity contribution in [3.05, 3.63) is 68.0 Å². The molecule has 2 amide bonds. The summed E-state index contributed by atoms with van der Waals surface area (Å²) in [6, 6.07) is 9.97. The fourth-order valence-electron chi connectivity index (χ4n) is 5.30. The molecule has 3 aromatic rings. The van der Waals surface area contributed by atoms with Gasteiger partial charge in [-0.25, -0.2) is 4.79 Å². The van der Waals surface area contributed by atoms with Crippen molar-refractivity contribution < 1.29 is 19.5 Å². The van der Waals surface area contributed by atoms with Gasteiger partial charge in [0.25, 0.3) is 11.8 Å². The van der Waals surface area contributed by atoms with E-state index in [2.05, 4.69) is 22.5 Å². The highest BCUT2D eigenvalue weighted by Crippen LogP contribution is 2.36. The number of halogens is 2. The summed E-state index contributed by atoms with van der Waals surface area (Å²) in [5, 5.41) is 25.5. The summed E-state index contributed by atoms with van der Waals surface area (Å²) in [6.07, 6.45) is 3.08. The minimum atomic E-state index is -1.35. The SMILES string of the molecule is C[C@H]1CCN(/C(=N/C#N)NC[C@H](NC(=O)c2c(Cl)cc3c(c2Cl)CCN(C(=O)c2cc4ccccc4s2)C3)C(=O)O)C1. The minimum Gasteiger partial charge on any atom is -0.480 e. The Morgan fingerprint density at radius 2 is 2.00 bits per heavy atom. The van der Waals surface area contributed by atoms with Crippen LogP contribution in [0, 0.1) is 17.4 Å². The van der Waals surface area contributed by atoms with Crippen LogP contribution in [-0.2, 0) is 17.8 Å². The Hall–Kier alpha value is -3.85. The van der Waals surface area contributed by atoms with Crippen LogP contribution in [0.25, 0.3) is 10.1 Å². The van der Waals surface area contributed by atoms with E-state index in [-0.39, 0.29) is 40.6 Å². The molecule has 10 nitrogen and oxygen atoms in total. The molecule has 0 bridgehead atoms. The van der Waals surface area contributed by atoms with E-state index in [9.17, 15) is 19.5 Å². The van der Waals surface area contributed by atoms with Crippen LogP contribution in [0.5, 0.6) is 0 Å². The Kier molecular flexibility index (Phi) is 8.87. The number of hydrogen-bond donors (Lipinski definition) is 3. The van der Waals surface area contributed by atoms with E-state index < -0.39 is 17.9 Å². The van der Waals surface area contributed by atoms with Gasteiger partial charge in [-0.1, -0.05) is 48.3 Å². The fraction of sp³-hybridized carbons (Fsp3) is 0.345. The summed E-state index contributed by atoms with van der Waals surface area (Å²) >= 11 is 14.6. The maximum atomic E-state index is 13.3. The zero-order chi connectivity index (χ0) is 30.0. The lowest BCUT2D eigenvalue weighted by Crippen LogP contribution is -2.51. The van der Waals surface area contributed by atoms with Gasteiger partial charge >= 0.3 is 5.97 Å². The number of fused-ring (bicyclic) bond motifs is 2. The van der Waals surface area contributed by atoms with Crippen LogP contribution in [0.15, 0.2) is 41.4 Å². The normalized spacial score (nSPS) is 17.5. The summed E-state index contributed by atoms with van der Waals surface area (Å²) in [7, 11) is 0. The van der Waals surface area contributed by atoms with Crippen molar-refractivity contribution in [2.75, 3.05) is 26.2 Å². The number of nitriles is 1. The number of carboxylic acid groups (broad SMARTS) is 1. The molecule has 3 heterocycles. The third-order valence-corrected chi connectivity index (χ3v) is 9.32. The third kappa shape index (κ3) is 6.16. The molecule has 0 saturated carbocycles. The van der Waals surface area contributed by atoms with Gasteiger partial charge in [0.1, 0.15) is 6.04 Å². The molecule has 2 aliphatic rings. The first-order valence-corrected chi connectivity index (χ1v) is 15.0. The summed E-state index contributed by atoms with van der Waals surface area (Å²) in [6.45, 7) is 3.93. The molecule has 1 aromatic heterocycles. The Morgan fingerprint density at radius 1 is 1.21 bits per heavy atom. The number of guanidine groups is 1. The van der Waals surface area contributed by atoms with Crippen molar-refractivity contribution in [3.63, 3.8) is 0 Å². The predicted molar refractivity (Wildman–Crippen MR) is 162 cm³/mol. The van der Waals surface area contributed by atoms with Gasteiger partial charge < -0.3 is 25.5 Å². The highest BCUT2D eigenvalue weighted by molar-refractivity contribution is 7.20. The van der Waals surface area contributed by atoms with E-state index in [4.69, 9.17) is 28.5 Å². The quantitative estimate of drug-likeness (QED) is 0.210. The first kappa shape index (κ1) is 29.6. The van der Waals surface area contributed by atoms with Crippen molar-refractivity contribution in [1.29, 1.82) is 5.26 Å². The smallest absolute Gasteiger partial charge is 0.328 e. The third-order valence-electron chi connectivity index (χ3n) is 7.50. The number of rotatable bonds is 6. The van der Waals surface area contributed by atoms with Crippen LogP contribution < -0.4 is 10.6 Å². The zero-order valence-corrected chi connectivity index (χ0v) is 25.0. The molecule has 5 rings (SSSR count). The number of hydrogen-bond acceptors (Lipinski definition) is 6. The highest BCUT2D eigenvalue weighted by atomic mass is 35.5. The molecule has 0 spiro atoms. The van der Waals surface area contributed by atoms with Crippen LogP contribution in [0.1, 0.15) is 44.5 Å². The van der Waals surface area contributed by atoms with Gasteiger partial charge in [-0.05, 0) is 53.5 Å².